The summed E-state index contributed by atoms with van der Waals surface area (Å²) in [5, 5.41) is 0. The Labute approximate surface area is 114 Å². The molecule has 0 saturated heterocycles. The fraction of sp³-hybridized carbons (Fsp3) is 0.538. The quantitative estimate of drug-likeness (QED) is 0.868. The van der Waals surface area contributed by atoms with E-state index in [4.69, 9.17) is 5.73 Å². The molecule has 0 radical (unpaired) electrons. The summed E-state index contributed by atoms with van der Waals surface area (Å²) >= 11 is 0. The minimum Gasteiger partial charge on any atom is -0.330 e. The van der Waals surface area contributed by atoms with Gasteiger partial charge in [0.1, 0.15) is 5.82 Å². The zero-order chi connectivity index (χ0) is 14.8. The lowest BCUT2D eigenvalue weighted by Crippen LogP contribution is -2.45. The van der Waals surface area contributed by atoms with Crippen LogP contribution in [0.2, 0.25) is 0 Å². The maximum absolute atomic E-state index is 13.2. The monoisotopic (exact) mass is 288 g/mol. The van der Waals surface area contributed by atoms with Crippen molar-refractivity contribution < 1.29 is 12.8 Å². The van der Waals surface area contributed by atoms with Crippen molar-refractivity contribution in [1.29, 1.82) is 0 Å². The number of hydrogen-bond acceptors (Lipinski definition) is 3. The summed E-state index contributed by atoms with van der Waals surface area (Å²) in [6.45, 7) is 7.09. The lowest BCUT2D eigenvalue weighted by Gasteiger charge is -2.26. The minimum atomic E-state index is -3.69. The Bertz CT molecular complexity index is 545. The van der Waals surface area contributed by atoms with Crippen LogP contribution in [-0.4, -0.2) is 20.5 Å². The fourth-order valence-electron chi connectivity index (χ4n) is 2.15. The van der Waals surface area contributed by atoms with E-state index in [1.54, 1.807) is 27.7 Å². The highest BCUT2D eigenvalue weighted by Crippen LogP contribution is 2.23. The Morgan fingerprint density at radius 3 is 2.16 bits per heavy atom. The van der Waals surface area contributed by atoms with Crippen LogP contribution in [0.4, 0.5) is 4.39 Å². The summed E-state index contributed by atoms with van der Waals surface area (Å²) in [7, 11) is -3.69. The summed E-state index contributed by atoms with van der Waals surface area (Å²) in [6, 6.07) is 2.44. The molecule has 0 spiro atoms. The van der Waals surface area contributed by atoms with Gasteiger partial charge < -0.3 is 5.73 Å². The number of benzene rings is 1. The molecule has 108 valence electrons. The molecule has 0 aromatic heterocycles. The topological polar surface area (TPSA) is 72.2 Å². The van der Waals surface area contributed by atoms with Gasteiger partial charge in [0.15, 0.2) is 0 Å². The van der Waals surface area contributed by atoms with Gasteiger partial charge in [-0.1, -0.05) is 0 Å². The normalized spacial score (nSPS) is 12.7. The number of nitrogens with two attached hydrogens (primary N) is 1. The largest absolute Gasteiger partial charge is 0.330 e. The molecule has 19 heavy (non-hydrogen) atoms. The number of hydrogen-bond donors (Lipinski definition) is 2. The van der Waals surface area contributed by atoms with Gasteiger partial charge in [0.2, 0.25) is 10.0 Å². The first-order valence-corrected chi connectivity index (χ1v) is 7.58. The highest BCUT2D eigenvalue weighted by molar-refractivity contribution is 7.89. The average molecular weight is 288 g/mol. The van der Waals surface area contributed by atoms with Gasteiger partial charge in [-0.3, -0.25) is 0 Å². The molecule has 0 amide bonds. The van der Waals surface area contributed by atoms with Crippen LogP contribution in [0.3, 0.4) is 0 Å². The third-order valence-corrected chi connectivity index (χ3v) is 4.88. The van der Waals surface area contributed by atoms with Crippen molar-refractivity contribution >= 4 is 10.0 Å². The minimum absolute atomic E-state index is 0.138. The van der Waals surface area contributed by atoms with E-state index in [0.29, 0.717) is 24.1 Å². The maximum atomic E-state index is 13.2. The molecule has 0 heterocycles. The molecule has 3 N–H and O–H groups in total. The summed E-state index contributed by atoms with van der Waals surface area (Å²) in [4.78, 5) is 0.138. The predicted molar refractivity (Wildman–Crippen MR) is 73.9 cm³/mol. The Hall–Kier alpha value is -0.980. The third kappa shape index (κ3) is 3.99. The molecule has 0 aliphatic heterocycles. The molecule has 0 aliphatic carbocycles. The van der Waals surface area contributed by atoms with E-state index < -0.39 is 21.4 Å². The standard InChI is InChI=1S/C13H21FN2O2S/c1-9-7-11(14)8-10(2)12(9)19(17,18)16-13(3,4)5-6-15/h7-8,16H,5-6,15H2,1-4H3. The van der Waals surface area contributed by atoms with E-state index in [1.807, 2.05) is 0 Å². The molecule has 1 aromatic carbocycles. The highest BCUT2D eigenvalue weighted by Gasteiger charge is 2.28. The van der Waals surface area contributed by atoms with Crippen molar-refractivity contribution in [2.45, 2.75) is 44.6 Å². The molecule has 0 unspecified atom stereocenters. The van der Waals surface area contributed by atoms with Crippen LogP contribution >= 0.6 is 0 Å². The van der Waals surface area contributed by atoms with Crippen LogP contribution in [0.15, 0.2) is 17.0 Å². The Morgan fingerprint density at radius 1 is 1.26 bits per heavy atom. The first kappa shape index (κ1) is 16.1. The lowest BCUT2D eigenvalue weighted by molar-refractivity contribution is 0.427. The number of sulfonamides is 1. The summed E-state index contributed by atoms with van der Waals surface area (Å²) < 4.78 is 40.6. The molecule has 1 aromatic rings. The summed E-state index contributed by atoms with van der Waals surface area (Å²) in [5.74, 6) is -0.435. The van der Waals surface area contributed by atoms with Gasteiger partial charge in [-0.25, -0.2) is 17.5 Å². The Kier molecular flexibility index (Phi) is 4.71. The molecule has 0 atom stereocenters. The second-order valence-corrected chi connectivity index (χ2v) is 7.02. The smallest absolute Gasteiger partial charge is 0.241 e. The van der Waals surface area contributed by atoms with Gasteiger partial charge in [-0.15, -0.1) is 0 Å². The molecule has 4 nitrogen and oxygen atoms in total. The van der Waals surface area contributed by atoms with Gasteiger partial charge in [-0.2, -0.15) is 0 Å². The van der Waals surface area contributed by atoms with Crippen LogP contribution in [-0.2, 0) is 10.0 Å². The van der Waals surface area contributed by atoms with E-state index in [1.165, 1.54) is 12.1 Å². The van der Waals surface area contributed by atoms with Crippen molar-refractivity contribution in [1.82, 2.24) is 4.72 Å². The number of nitrogens with one attached hydrogen (secondary N) is 1. The van der Waals surface area contributed by atoms with Crippen molar-refractivity contribution in [2.75, 3.05) is 6.54 Å². The van der Waals surface area contributed by atoms with Crippen LogP contribution in [0.1, 0.15) is 31.4 Å². The summed E-state index contributed by atoms with van der Waals surface area (Å²) in [5.41, 5.74) is 5.62. The van der Waals surface area contributed by atoms with Crippen LogP contribution < -0.4 is 10.5 Å². The van der Waals surface area contributed by atoms with Crippen molar-refractivity contribution in [3.63, 3.8) is 0 Å². The first-order valence-electron chi connectivity index (χ1n) is 6.10. The number of aryl methyl sites for hydroxylation is 2. The van der Waals surface area contributed by atoms with Gasteiger partial charge in [0.25, 0.3) is 0 Å². The van der Waals surface area contributed by atoms with Gasteiger partial charge in [0.05, 0.1) is 4.90 Å². The predicted octanol–water partition coefficient (Wildman–Crippen LogP) is 1.85. The highest BCUT2D eigenvalue weighted by atomic mass is 32.2. The average Bonchev–Trinajstić information content (AvgIpc) is 2.11. The number of halogens is 1. The number of rotatable bonds is 5. The molecule has 0 bridgehead atoms. The molecule has 1 rings (SSSR count). The Balaban J connectivity index is 3.22. The van der Waals surface area contributed by atoms with Crippen molar-refractivity contribution in [3.05, 3.63) is 29.1 Å². The van der Waals surface area contributed by atoms with Crippen molar-refractivity contribution in [3.8, 4) is 0 Å². The summed E-state index contributed by atoms with van der Waals surface area (Å²) in [6.07, 6.45) is 0.519. The fourth-order valence-corrected chi connectivity index (χ4v) is 4.05. The maximum Gasteiger partial charge on any atom is 0.241 e. The third-order valence-electron chi connectivity index (χ3n) is 2.87. The van der Waals surface area contributed by atoms with Gasteiger partial charge >= 0.3 is 0 Å². The Morgan fingerprint density at radius 2 is 1.74 bits per heavy atom. The molecular formula is C13H21FN2O2S. The molecule has 0 saturated carbocycles. The van der Waals surface area contributed by atoms with Gasteiger partial charge in [-0.05, 0) is 63.9 Å². The van der Waals surface area contributed by atoms with Crippen LogP contribution in [0.5, 0.6) is 0 Å². The molecule has 0 aliphatic rings. The zero-order valence-electron chi connectivity index (χ0n) is 11.7. The van der Waals surface area contributed by atoms with E-state index >= 15 is 0 Å². The lowest BCUT2D eigenvalue weighted by atomic mass is 10.0. The molecular weight excluding hydrogens is 267 g/mol. The van der Waals surface area contributed by atoms with E-state index in [0.717, 1.165) is 0 Å². The zero-order valence-corrected chi connectivity index (χ0v) is 12.6. The molecule has 6 heteroatoms. The van der Waals surface area contributed by atoms with E-state index in [9.17, 15) is 12.8 Å². The van der Waals surface area contributed by atoms with Gasteiger partial charge in [0, 0.05) is 5.54 Å². The van der Waals surface area contributed by atoms with E-state index in [2.05, 4.69) is 4.72 Å². The SMILES string of the molecule is Cc1cc(F)cc(C)c1S(=O)(=O)NC(C)(C)CCN. The van der Waals surface area contributed by atoms with E-state index in [-0.39, 0.29) is 4.90 Å². The second-order valence-electron chi connectivity index (χ2n) is 5.40. The van der Waals surface area contributed by atoms with Crippen LogP contribution in [0, 0.1) is 19.7 Å². The molecule has 0 fully saturated rings. The first-order chi connectivity index (χ1) is 8.59. The second kappa shape index (κ2) is 5.56. The van der Waals surface area contributed by atoms with Crippen molar-refractivity contribution in [2.24, 2.45) is 5.73 Å². The van der Waals surface area contributed by atoms with Crippen LogP contribution in [0.25, 0.3) is 0 Å².